The van der Waals surface area contributed by atoms with Crippen LogP contribution in [0.2, 0.25) is 0 Å². The Labute approximate surface area is 120 Å². The third-order valence-electron chi connectivity index (χ3n) is 2.97. The lowest BCUT2D eigenvalue weighted by Crippen LogP contribution is -2.29. The van der Waals surface area contributed by atoms with Gasteiger partial charge in [0.25, 0.3) is 5.91 Å². The van der Waals surface area contributed by atoms with Gasteiger partial charge in [-0.25, -0.2) is 8.78 Å². The largest absolute Gasteiger partial charge is 0.396 e. The van der Waals surface area contributed by atoms with E-state index in [-0.39, 0.29) is 17.8 Å². The summed E-state index contributed by atoms with van der Waals surface area (Å²) in [5.41, 5.74) is 5.24. The Morgan fingerprint density at radius 3 is 2.52 bits per heavy atom. The second-order valence-corrected chi connectivity index (χ2v) is 4.49. The highest BCUT2D eigenvalue weighted by Crippen LogP contribution is 2.17. The molecule has 0 saturated carbocycles. The fourth-order valence-corrected chi connectivity index (χ4v) is 1.82. The van der Waals surface area contributed by atoms with Crippen LogP contribution in [0.25, 0.3) is 0 Å². The van der Waals surface area contributed by atoms with Crippen LogP contribution in [0.3, 0.4) is 0 Å². The van der Waals surface area contributed by atoms with Crippen molar-refractivity contribution in [3.8, 4) is 0 Å². The molecule has 0 bridgehead atoms. The third kappa shape index (κ3) is 3.55. The van der Waals surface area contributed by atoms with Crippen molar-refractivity contribution in [2.24, 2.45) is 0 Å². The summed E-state index contributed by atoms with van der Waals surface area (Å²) >= 11 is 0. The van der Waals surface area contributed by atoms with Crippen LogP contribution in [-0.2, 0) is 0 Å². The Bertz CT molecular complexity index is 648. The Kier molecular flexibility index (Phi) is 4.49. The van der Waals surface area contributed by atoms with Gasteiger partial charge in [-0.2, -0.15) is 0 Å². The number of carbonyl (C=O) groups excluding carboxylic acids is 1. The predicted octanol–water partition coefficient (Wildman–Crippen LogP) is 2.01. The van der Waals surface area contributed by atoms with E-state index in [4.69, 9.17) is 5.73 Å². The van der Waals surface area contributed by atoms with Crippen LogP contribution in [0.4, 0.5) is 14.5 Å². The molecular formula is C15H14F2N2O2. The first-order valence-electron chi connectivity index (χ1n) is 6.24. The molecule has 1 amide bonds. The number of aliphatic hydroxyl groups is 1. The maximum absolute atomic E-state index is 13.5. The molecule has 0 aliphatic heterocycles. The van der Waals surface area contributed by atoms with Crippen LogP contribution in [0, 0.1) is 11.6 Å². The molecule has 21 heavy (non-hydrogen) atoms. The van der Waals surface area contributed by atoms with Crippen LogP contribution in [0.1, 0.15) is 22.0 Å². The van der Waals surface area contributed by atoms with Crippen molar-refractivity contribution in [3.05, 3.63) is 65.2 Å². The molecule has 4 nitrogen and oxygen atoms in total. The van der Waals surface area contributed by atoms with Gasteiger partial charge in [-0.05, 0) is 11.6 Å². The first-order valence-corrected chi connectivity index (χ1v) is 6.24. The van der Waals surface area contributed by atoms with E-state index in [1.54, 1.807) is 30.3 Å². The summed E-state index contributed by atoms with van der Waals surface area (Å²) in [6.07, 6.45) is -0.920. The van der Waals surface area contributed by atoms with Crippen LogP contribution in [0.5, 0.6) is 0 Å². The molecule has 0 aliphatic rings. The van der Waals surface area contributed by atoms with Gasteiger partial charge in [0.15, 0.2) is 0 Å². The van der Waals surface area contributed by atoms with Crippen molar-refractivity contribution in [1.29, 1.82) is 0 Å². The average molecular weight is 292 g/mol. The van der Waals surface area contributed by atoms with Crippen molar-refractivity contribution < 1.29 is 18.7 Å². The van der Waals surface area contributed by atoms with Crippen molar-refractivity contribution in [1.82, 2.24) is 5.32 Å². The number of hydrogen-bond donors (Lipinski definition) is 3. The minimum Gasteiger partial charge on any atom is -0.396 e. The minimum atomic E-state index is -1.01. The van der Waals surface area contributed by atoms with Gasteiger partial charge in [-0.3, -0.25) is 4.79 Å². The molecule has 2 rings (SSSR count). The van der Waals surface area contributed by atoms with E-state index in [1.165, 1.54) is 0 Å². The molecular weight excluding hydrogens is 278 g/mol. The van der Waals surface area contributed by atoms with Gasteiger partial charge < -0.3 is 16.2 Å². The van der Waals surface area contributed by atoms with Crippen molar-refractivity contribution >= 4 is 11.6 Å². The SMILES string of the molecule is Nc1cc(C(=O)NCC(O)c2ccccc2)c(F)cc1F. The molecule has 6 heteroatoms. The lowest BCUT2D eigenvalue weighted by Gasteiger charge is -2.12. The molecule has 2 aromatic carbocycles. The molecule has 0 spiro atoms. The zero-order valence-electron chi connectivity index (χ0n) is 11.0. The Balaban J connectivity index is 2.04. The zero-order chi connectivity index (χ0) is 15.4. The summed E-state index contributed by atoms with van der Waals surface area (Å²) in [7, 11) is 0. The molecule has 2 aromatic rings. The van der Waals surface area contributed by atoms with Crippen molar-refractivity contribution in [3.63, 3.8) is 0 Å². The first kappa shape index (κ1) is 14.9. The third-order valence-corrected chi connectivity index (χ3v) is 2.97. The molecule has 110 valence electrons. The van der Waals surface area contributed by atoms with E-state index in [1.807, 2.05) is 0 Å². The average Bonchev–Trinajstić information content (AvgIpc) is 2.49. The summed E-state index contributed by atoms with van der Waals surface area (Å²) in [4.78, 5) is 11.8. The molecule has 1 atom stereocenters. The maximum Gasteiger partial charge on any atom is 0.254 e. The fourth-order valence-electron chi connectivity index (χ4n) is 1.82. The summed E-state index contributed by atoms with van der Waals surface area (Å²) in [6, 6.07) is 10.2. The quantitative estimate of drug-likeness (QED) is 0.755. The van der Waals surface area contributed by atoms with Gasteiger partial charge in [0.05, 0.1) is 17.4 Å². The number of nitrogen functional groups attached to an aromatic ring is 1. The predicted molar refractivity (Wildman–Crippen MR) is 74.5 cm³/mol. The number of amides is 1. The van der Waals surface area contributed by atoms with E-state index in [0.717, 1.165) is 6.07 Å². The number of halogens is 2. The molecule has 0 saturated heterocycles. The fraction of sp³-hybridized carbons (Fsp3) is 0.133. The Hall–Kier alpha value is -2.47. The van der Waals surface area contributed by atoms with Gasteiger partial charge in [-0.1, -0.05) is 30.3 Å². The second-order valence-electron chi connectivity index (χ2n) is 4.49. The van der Waals surface area contributed by atoms with Crippen molar-refractivity contribution in [2.45, 2.75) is 6.10 Å². The topological polar surface area (TPSA) is 75.4 Å². The lowest BCUT2D eigenvalue weighted by molar-refractivity contribution is 0.0912. The van der Waals surface area contributed by atoms with E-state index >= 15 is 0 Å². The minimum absolute atomic E-state index is 0.0977. The molecule has 0 fully saturated rings. The number of nitrogens with two attached hydrogens (primary N) is 1. The highest BCUT2D eigenvalue weighted by molar-refractivity contribution is 5.95. The standard InChI is InChI=1S/C15H14F2N2O2/c16-11-7-12(17)13(18)6-10(11)15(21)19-8-14(20)9-4-2-1-3-5-9/h1-7,14,20H,8,18H2,(H,19,21). The number of benzene rings is 2. The van der Waals surface area contributed by atoms with Crippen molar-refractivity contribution in [2.75, 3.05) is 12.3 Å². The number of rotatable bonds is 4. The summed E-state index contributed by atoms with van der Waals surface area (Å²) < 4.78 is 26.5. The summed E-state index contributed by atoms with van der Waals surface area (Å²) in [6.45, 7) is -0.0977. The molecule has 0 aromatic heterocycles. The molecule has 0 radical (unpaired) electrons. The normalized spacial score (nSPS) is 12.0. The maximum atomic E-state index is 13.5. The number of carbonyl (C=O) groups is 1. The van der Waals surface area contributed by atoms with Gasteiger partial charge in [0, 0.05) is 12.6 Å². The first-order chi connectivity index (χ1) is 9.99. The van der Waals surface area contributed by atoms with Crippen LogP contribution in [0.15, 0.2) is 42.5 Å². The van der Waals surface area contributed by atoms with E-state index < -0.39 is 23.6 Å². The van der Waals surface area contributed by atoms with Crippen LogP contribution in [-0.4, -0.2) is 17.6 Å². The summed E-state index contributed by atoms with van der Waals surface area (Å²) in [5, 5.41) is 12.3. The number of hydrogen-bond acceptors (Lipinski definition) is 3. The van der Waals surface area contributed by atoms with E-state index in [9.17, 15) is 18.7 Å². The molecule has 4 N–H and O–H groups in total. The van der Waals surface area contributed by atoms with Gasteiger partial charge >= 0.3 is 0 Å². The van der Waals surface area contributed by atoms with Gasteiger partial charge in [0.2, 0.25) is 0 Å². The number of anilines is 1. The molecule has 0 heterocycles. The summed E-state index contributed by atoms with van der Waals surface area (Å²) in [5.74, 6) is -2.70. The highest BCUT2D eigenvalue weighted by Gasteiger charge is 2.16. The molecule has 1 unspecified atom stereocenters. The Morgan fingerprint density at radius 1 is 1.19 bits per heavy atom. The zero-order valence-corrected chi connectivity index (χ0v) is 11.0. The monoisotopic (exact) mass is 292 g/mol. The van der Waals surface area contributed by atoms with Crippen LogP contribution < -0.4 is 11.1 Å². The smallest absolute Gasteiger partial charge is 0.254 e. The number of aliphatic hydroxyl groups excluding tert-OH is 1. The van der Waals surface area contributed by atoms with Crippen LogP contribution >= 0.6 is 0 Å². The van der Waals surface area contributed by atoms with E-state index in [0.29, 0.717) is 11.6 Å². The van der Waals surface area contributed by atoms with Gasteiger partial charge in [0.1, 0.15) is 11.6 Å². The van der Waals surface area contributed by atoms with Gasteiger partial charge in [-0.15, -0.1) is 0 Å². The number of nitrogens with one attached hydrogen (secondary N) is 1. The highest BCUT2D eigenvalue weighted by atomic mass is 19.1. The van der Waals surface area contributed by atoms with E-state index in [2.05, 4.69) is 5.32 Å². The molecule has 0 aliphatic carbocycles. The second kappa shape index (κ2) is 6.32. The lowest BCUT2D eigenvalue weighted by atomic mass is 10.1. The Morgan fingerprint density at radius 2 is 1.86 bits per heavy atom.